The maximum Gasteiger partial charge on any atom is 0.240 e. The molecule has 0 spiro atoms. The number of sulfonamides is 1. The molecular formula is C12H21N3O2S. The fraction of sp³-hybridized carbons (Fsp3) is 0.500. The van der Waals surface area contributed by atoms with E-state index in [4.69, 9.17) is 10.9 Å². The van der Waals surface area contributed by atoms with Crippen LogP contribution in [0.4, 0.5) is 5.69 Å². The molecule has 4 N–H and O–H groups in total. The van der Waals surface area contributed by atoms with Crippen LogP contribution in [0, 0.1) is 5.92 Å². The number of nitrogens with two attached hydrogens (primary N) is 2. The number of rotatable bonds is 6. The molecule has 0 fully saturated rings. The van der Waals surface area contributed by atoms with Gasteiger partial charge in [-0.15, -0.1) is 0 Å². The lowest BCUT2D eigenvalue weighted by atomic mass is 10.1. The van der Waals surface area contributed by atoms with Crippen molar-refractivity contribution in [3.8, 4) is 0 Å². The van der Waals surface area contributed by atoms with Gasteiger partial charge in [0, 0.05) is 13.1 Å². The molecule has 1 atom stereocenters. The summed E-state index contributed by atoms with van der Waals surface area (Å²) in [6, 6.07) is 6.77. The molecule has 18 heavy (non-hydrogen) atoms. The van der Waals surface area contributed by atoms with E-state index >= 15 is 0 Å². The Morgan fingerprint density at radius 3 is 2.44 bits per heavy atom. The van der Waals surface area contributed by atoms with Crippen molar-refractivity contribution in [2.75, 3.05) is 24.5 Å². The van der Waals surface area contributed by atoms with Crippen molar-refractivity contribution in [2.24, 2.45) is 16.8 Å². The van der Waals surface area contributed by atoms with E-state index in [-0.39, 0.29) is 4.90 Å². The van der Waals surface area contributed by atoms with Crippen molar-refractivity contribution in [3.63, 3.8) is 0 Å². The lowest BCUT2D eigenvalue weighted by Gasteiger charge is -2.27. The lowest BCUT2D eigenvalue weighted by molar-refractivity contribution is 0.571. The van der Waals surface area contributed by atoms with Gasteiger partial charge in [0.15, 0.2) is 0 Å². The Hall–Kier alpha value is -1.11. The number of para-hydroxylation sites is 1. The fourth-order valence-electron chi connectivity index (χ4n) is 1.81. The highest BCUT2D eigenvalue weighted by Crippen LogP contribution is 2.24. The normalized spacial score (nSPS) is 13.3. The van der Waals surface area contributed by atoms with E-state index in [1.54, 1.807) is 18.2 Å². The zero-order valence-corrected chi connectivity index (χ0v) is 11.7. The van der Waals surface area contributed by atoms with Crippen LogP contribution in [0.2, 0.25) is 0 Å². The summed E-state index contributed by atoms with van der Waals surface area (Å²) in [5.74, 6) is 0.290. The van der Waals surface area contributed by atoms with Crippen molar-refractivity contribution in [1.82, 2.24) is 0 Å². The average Bonchev–Trinajstić information content (AvgIpc) is 2.34. The van der Waals surface area contributed by atoms with Gasteiger partial charge in [0.05, 0.1) is 5.69 Å². The Bertz CT molecular complexity index is 488. The molecule has 0 aliphatic rings. The van der Waals surface area contributed by atoms with Crippen molar-refractivity contribution in [2.45, 2.75) is 18.7 Å². The van der Waals surface area contributed by atoms with Crippen LogP contribution in [0.1, 0.15) is 13.8 Å². The summed E-state index contributed by atoms with van der Waals surface area (Å²) in [6.07, 6.45) is 0. The van der Waals surface area contributed by atoms with Crippen LogP contribution in [0.25, 0.3) is 0 Å². The van der Waals surface area contributed by atoms with Gasteiger partial charge < -0.3 is 10.6 Å². The minimum atomic E-state index is -3.70. The number of anilines is 1. The first-order valence-electron chi connectivity index (χ1n) is 5.97. The molecule has 1 rings (SSSR count). The summed E-state index contributed by atoms with van der Waals surface area (Å²) in [6.45, 7) is 5.98. The smallest absolute Gasteiger partial charge is 0.240 e. The molecule has 0 bridgehead atoms. The third kappa shape index (κ3) is 3.69. The van der Waals surface area contributed by atoms with Crippen molar-refractivity contribution in [3.05, 3.63) is 24.3 Å². The van der Waals surface area contributed by atoms with Gasteiger partial charge in [-0.05, 0) is 31.5 Å². The van der Waals surface area contributed by atoms with Gasteiger partial charge in [-0.3, -0.25) is 0 Å². The van der Waals surface area contributed by atoms with Crippen molar-refractivity contribution >= 4 is 15.7 Å². The molecule has 0 aliphatic carbocycles. The second-order valence-electron chi connectivity index (χ2n) is 4.39. The molecule has 0 heterocycles. The van der Waals surface area contributed by atoms with Crippen LogP contribution in [-0.4, -0.2) is 28.1 Å². The topological polar surface area (TPSA) is 89.4 Å². The molecule has 0 aliphatic heterocycles. The minimum Gasteiger partial charge on any atom is -0.370 e. The Kier molecular flexibility index (Phi) is 5.13. The van der Waals surface area contributed by atoms with Crippen molar-refractivity contribution in [1.29, 1.82) is 0 Å². The monoisotopic (exact) mass is 271 g/mol. The third-order valence-electron chi connectivity index (χ3n) is 2.83. The van der Waals surface area contributed by atoms with E-state index in [1.807, 2.05) is 18.7 Å². The average molecular weight is 271 g/mol. The van der Waals surface area contributed by atoms with Gasteiger partial charge in [-0.1, -0.05) is 19.1 Å². The Morgan fingerprint density at radius 1 is 1.33 bits per heavy atom. The number of hydrogen-bond acceptors (Lipinski definition) is 4. The van der Waals surface area contributed by atoms with Gasteiger partial charge >= 0.3 is 0 Å². The van der Waals surface area contributed by atoms with E-state index in [0.29, 0.717) is 31.2 Å². The quantitative estimate of drug-likeness (QED) is 0.799. The lowest BCUT2D eigenvalue weighted by Crippen LogP contribution is -2.33. The molecule has 0 aromatic heterocycles. The first-order valence-corrected chi connectivity index (χ1v) is 7.51. The van der Waals surface area contributed by atoms with E-state index in [0.717, 1.165) is 0 Å². The summed E-state index contributed by atoms with van der Waals surface area (Å²) >= 11 is 0. The van der Waals surface area contributed by atoms with E-state index in [1.165, 1.54) is 6.07 Å². The zero-order valence-electron chi connectivity index (χ0n) is 10.8. The largest absolute Gasteiger partial charge is 0.370 e. The maximum absolute atomic E-state index is 11.6. The molecule has 0 radical (unpaired) electrons. The highest BCUT2D eigenvalue weighted by molar-refractivity contribution is 7.89. The van der Waals surface area contributed by atoms with Crippen LogP contribution in [-0.2, 0) is 10.0 Å². The first-order chi connectivity index (χ1) is 8.40. The minimum absolute atomic E-state index is 0.163. The Morgan fingerprint density at radius 2 is 1.94 bits per heavy atom. The number of nitrogens with zero attached hydrogens (tertiary/aromatic N) is 1. The third-order valence-corrected chi connectivity index (χ3v) is 3.79. The van der Waals surface area contributed by atoms with E-state index < -0.39 is 10.0 Å². The van der Waals surface area contributed by atoms with Crippen molar-refractivity contribution < 1.29 is 8.42 Å². The SMILES string of the molecule is CCN(CC(C)CN)c1ccccc1S(N)(=O)=O. The first kappa shape index (κ1) is 14.9. The summed E-state index contributed by atoms with van der Waals surface area (Å²) in [7, 11) is -3.70. The maximum atomic E-state index is 11.6. The van der Waals surface area contributed by atoms with Gasteiger partial charge in [-0.2, -0.15) is 0 Å². The van der Waals surface area contributed by atoms with Crippen LogP contribution in [0.15, 0.2) is 29.2 Å². The Balaban J connectivity index is 3.14. The highest BCUT2D eigenvalue weighted by atomic mass is 32.2. The second-order valence-corrected chi connectivity index (χ2v) is 5.92. The fourth-order valence-corrected chi connectivity index (χ4v) is 2.56. The summed E-state index contributed by atoms with van der Waals surface area (Å²) in [5.41, 5.74) is 6.25. The van der Waals surface area contributed by atoms with Crippen LogP contribution < -0.4 is 15.8 Å². The summed E-state index contributed by atoms with van der Waals surface area (Å²) in [4.78, 5) is 2.15. The molecular weight excluding hydrogens is 250 g/mol. The predicted octanol–water partition coefficient (Wildman–Crippen LogP) is 0.755. The highest BCUT2D eigenvalue weighted by Gasteiger charge is 2.18. The Labute approximate surface area is 109 Å². The van der Waals surface area contributed by atoms with E-state index in [2.05, 4.69) is 0 Å². The summed E-state index contributed by atoms with van der Waals surface area (Å²) < 4.78 is 23.1. The predicted molar refractivity (Wildman–Crippen MR) is 73.9 cm³/mol. The van der Waals surface area contributed by atoms with Gasteiger partial charge in [0.1, 0.15) is 4.90 Å². The number of primary sulfonamides is 1. The molecule has 0 saturated heterocycles. The van der Waals surface area contributed by atoms with E-state index in [9.17, 15) is 8.42 Å². The molecule has 1 aromatic rings. The van der Waals surface area contributed by atoms with Crippen LogP contribution in [0.3, 0.4) is 0 Å². The van der Waals surface area contributed by atoms with Crippen LogP contribution in [0.5, 0.6) is 0 Å². The molecule has 1 aromatic carbocycles. The second kappa shape index (κ2) is 6.17. The van der Waals surface area contributed by atoms with Crippen LogP contribution >= 0.6 is 0 Å². The molecule has 0 amide bonds. The summed E-state index contributed by atoms with van der Waals surface area (Å²) in [5, 5.41) is 5.23. The van der Waals surface area contributed by atoms with Gasteiger partial charge in [0.2, 0.25) is 10.0 Å². The standard InChI is InChI=1S/C12H21N3O2S/c1-3-15(9-10(2)8-13)11-6-4-5-7-12(11)18(14,16)17/h4-7,10H,3,8-9,13H2,1-2H3,(H2,14,16,17). The van der Waals surface area contributed by atoms with Gasteiger partial charge in [-0.25, -0.2) is 13.6 Å². The molecule has 1 unspecified atom stereocenters. The number of benzene rings is 1. The molecule has 5 nitrogen and oxygen atoms in total. The zero-order chi connectivity index (χ0) is 13.8. The molecule has 0 saturated carbocycles. The van der Waals surface area contributed by atoms with Gasteiger partial charge in [0.25, 0.3) is 0 Å². The molecule has 6 heteroatoms. The number of hydrogen-bond donors (Lipinski definition) is 2. The molecule has 102 valence electrons.